The van der Waals surface area contributed by atoms with Crippen LogP contribution in [0.25, 0.3) is 0 Å². The minimum absolute atomic E-state index is 0.0567. The lowest BCUT2D eigenvalue weighted by Crippen LogP contribution is -2.23. The van der Waals surface area contributed by atoms with Gasteiger partial charge in [-0.3, -0.25) is 4.79 Å². The topological polar surface area (TPSA) is 41.6 Å². The second-order valence-corrected chi connectivity index (χ2v) is 4.94. The number of nitrogens with zero attached hydrogens (tertiary/aromatic N) is 1. The normalized spacial score (nSPS) is 11.2. The van der Waals surface area contributed by atoms with Crippen molar-refractivity contribution in [3.05, 3.63) is 0 Å². The molecule has 108 valence electrons. The maximum absolute atomic E-state index is 11.5. The highest BCUT2D eigenvalue weighted by Gasteiger charge is 2.09. The Bertz CT molecular complexity index is 204. The first-order valence-electron chi connectivity index (χ1n) is 7.15. The largest absolute Gasteiger partial charge is 0.462 e. The third kappa shape index (κ3) is 10.5. The Labute approximate surface area is 112 Å². The summed E-state index contributed by atoms with van der Waals surface area (Å²) < 4.78 is 5.33. The van der Waals surface area contributed by atoms with E-state index in [1.807, 2.05) is 13.8 Å². The fourth-order valence-corrected chi connectivity index (χ4v) is 1.70. The van der Waals surface area contributed by atoms with E-state index in [-0.39, 0.29) is 12.1 Å². The number of hydrogen-bond donors (Lipinski definition) is 1. The number of carbonyl (C=O) groups excluding carboxylic acids is 1. The van der Waals surface area contributed by atoms with Gasteiger partial charge in [-0.15, -0.1) is 0 Å². The Kier molecular flexibility index (Phi) is 11.1. The van der Waals surface area contributed by atoms with Crippen molar-refractivity contribution in [1.29, 1.82) is 0 Å². The highest BCUT2D eigenvalue weighted by atomic mass is 16.5. The average molecular weight is 258 g/mol. The fraction of sp³-hybridized carbons (Fsp3) is 0.929. The van der Waals surface area contributed by atoms with Gasteiger partial charge in [0.1, 0.15) is 6.10 Å². The molecule has 0 aromatic carbocycles. The van der Waals surface area contributed by atoms with Gasteiger partial charge >= 0.3 is 5.97 Å². The van der Waals surface area contributed by atoms with Crippen LogP contribution in [0.2, 0.25) is 0 Å². The van der Waals surface area contributed by atoms with E-state index in [4.69, 9.17) is 4.74 Å². The molecule has 0 aliphatic rings. The summed E-state index contributed by atoms with van der Waals surface area (Å²) in [6.45, 7) is 7.11. The molecule has 0 saturated carbocycles. The molecule has 0 fully saturated rings. The number of nitrogens with one attached hydrogen (secondary N) is 1. The molecule has 0 aliphatic heterocycles. The van der Waals surface area contributed by atoms with Crippen molar-refractivity contribution in [2.45, 2.75) is 52.1 Å². The first-order chi connectivity index (χ1) is 8.60. The van der Waals surface area contributed by atoms with Crippen LogP contribution in [0.15, 0.2) is 0 Å². The molecule has 0 spiro atoms. The molecular formula is C14H30N2O2. The smallest absolute Gasteiger partial charge is 0.306 e. The molecule has 0 heterocycles. The molecule has 4 heteroatoms. The molecule has 0 rings (SSSR count). The summed E-state index contributed by atoms with van der Waals surface area (Å²) in [4.78, 5) is 13.7. The van der Waals surface area contributed by atoms with Crippen molar-refractivity contribution >= 4 is 5.97 Å². The first kappa shape index (κ1) is 17.4. The summed E-state index contributed by atoms with van der Waals surface area (Å²) in [6, 6.07) is 0. The minimum Gasteiger partial charge on any atom is -0.462 e. The van der Waals surface area contributed by atoms with Gasteiger partial charge in [0, 0.05) is 6.42 Å². The standard InChI is InChI=1S/C14H30N2O2/c1-5-13(6-2)18-14(17)9-7-10-15-11-8-12-16(3)4/h13,15H,5-12H2,1-4H3. The van der Waals surface area contributed by atoms with E-state index >= 15 is 0 Å². The Morgan fingerprint density at radius 2 is 1.78 bits per heavy atom. The summed E-state index contributed by atoms with van der Waals surface area (Å²) in [6.07, 6.45) is 4.45. The highest BCUT2D eigenvalue weighted by Crippen LogP contribution is 2.05. The van der Waals surface area contributed by atoms with Gasteiger partial charge in [-0.1, -0.05) is 13.8 Å². The lowest BCUT2D eigenvalue weighted by Gasteiger charge is -2.14. The maximum atomic E-state index is 11.5. The van der Waals surface area contributed by atoms with E-state index in [2.05, 4.69) is 24.3 Å². The molecular weight excluding hydrogens is 228 g/mol. The highest BCUT2D eigenvalue weighted by molar-refractivity contribution is 5.69. The van der Waals surface area contributed by atoms with Crippen LogP contribution in [0.4, 0.5) is 0 Å². The van der Waals surface area contributed by atoms with Crippen LogP contribution in [-0.2, 0) is 9.53 Å². The fourth-order valence-electron chi connectivity index (χ4n) is 1.70. The molecule has 0 unspecified atom stereocenters. The van der Waals surface area contributed by atoms with Gasteiger partial charge in [-0.2, -0.15) is 0 Å². The van der Waals surface area contributed by atoms with Crippen LogP contribution in [0.3, 0.4) is 0 Å². The molecule has 0 aromatic rings. The molecule has 0 aromatic heterocycles. The molecule has 1 N–H and O–H groups in total. The van der Waals surface area contributed by atoms with E-state index in [1.54, 1.807) is 0 Å². The zero-order chi connectivity index (χ0) is 13.8. The lowest BCUT2D eigenvalue weighted by molar-refractivity contribution is -0.149. The van der Waals surface area contributed by atoms with Crippen LogP contribution in [0, 0.1) is 0 Å². The van der Waals surface area contributed by atoms with Gasteiger partial charge in [-0.05, 0) is 59.4 Å². The van der Waals surface area contributed by atoms with Crippen molar-refractivity contribution in [2.24, 2.45) is 0 Å². The molecule has 0 radical (unpaired) electrons. The Hall–Kier alpha value is -0.610. The minimum atomic E-state index is -0.0567. The summed E-state index contributed by atoms with van der Waals surface area (Å²) in [5.41, 5.74) is 0. The van der Waals surface area contributed by atoms with Crippen LogP contribution < -0.4 is 5.32 Å². The van der Waals surface area contributed by atoms with Crippen molar-refractivity contribution in [3.63, 3.8) is 0 Å². The molecule has 18 heavy (non-hydrogen) atoms. The van der Waals surface area contributed by atoms with Gasteiger partial charge in [0.25, 0.3) is 0 Å². The molecule has 0 bridgehead atoms. The van der Waals surface area contributed by atoms with Gasteiger partial charge < -0.3 is 15.0 Å². The van der Waals surface area contributed by atoms with E-state index < -0.39 is 0 Å². The summed E-state index contributed by atoms with van der Waals surface area (Å²) >= 11 is 0. The average Bonchev–Trinajstić information content (AvgIpc) is 2.34. The Morgan fingerprint density at radius 1 is 1.17 bits per heavy atom. The zero-order valence-corrected chi connectivity index (χ0v) is 12.5. The van der Waals surface area contributed by atoms with E-state index in [0.717, 1.165) is 45.3 Å². The zero-order valence-electron chi connectivity index (χ0n) is 12.5. The molecule has 0 saturated heterocycles. The monoisotopic (exact) mass is 258 g/mol. The summed E-state index contributed by atoms with van der Waals surface area (Å²) in [5, 5.41) is 3.34. The van der Waals surface area contributed by atoms with E-state index in [1.165, 1.54) is 0 Å². The number of hydrogen-bond acceptors (Lipinski definition) is 4. The number of rotatable bonds is 11. The third-order valence-electron chi connectivity index (χ3n) is 2.90. The van der Waals surface area contributed by atoms with Gasteiger partial charge in [0.05, 0.1) is 0 Å². The second-order valence-electron chi connectivity index (χ2n) is 4.94. The van der Waals surface area contributed by atoms with Gasteiger partial charge in [-0.25, -0.2) is 0 Å². The SMILES string of the molecule is CCC(CC)OC(=O)CCCNCCCN(C)C. The molecule has 4 nitrogen and oxygen atoms in total. The quantitative estimate of drug-likeness (QED) is 0.455. The third-order valence-corrected chi connectivity index (χ3v) is 2.90. The van der Waals surface area contributed by atoms with Gasteiger partial charge in [0.2, 0.25) is 0 Å². The molecule has 0 atom stereocenters. The maximum Gasteiger partial charge on any atom is 0.306 e. The van der Waals surface area contributed by atoms with Crippen LogP contribution in [0.5, 0.6) is 0 Å². The van der Waals surface area contributed by atoms with Crippen molar-refractivity contribution in [3.8, 4) is 0 Å². The van der Waals surface area contributed by atoms with Crippen LogP contribution in [0.1, 0.15) is 46.0 Å². The summed E-state index contributed by atoms with van der Waals surface area (Å²) in [5.74, 6) is -0.0567. The Balaban J connectivity index is 3.35. The lowest BCUT2D eigenvalue weighted by atomic mass is 10.2. The number of esters is 1. The second kappa shape index (κ2) is 11.5. The van der Waals surface area contributed by atoms with E-state index in [0.29, 0.717) is 6.42 Å². The van der Waals surface area contributed by atoms with E-state index in [9.17, 15) is 4.79 Å². The number of carbonyl (C=O) groups is 1. The number of ether oxygens (including phenoxy) is 1. The molecule has 0 amide bonds. The predicted molar refractivity (Wildman–Crippen MR) is 75.7 cm³/mol. The van der Waals surface area contributed by atoms with Crippen LogP contribution >= 0.6 is 0 Å². The predicted octanol–water partition coefficient (Wildman–Crippen LogP) is 2.04. The van der Waals surface area contributed by atoms with Crippen LogP contribution in [-0.4, -0.2) is 50.7 Å². The van der Waals surface area contributed by atoms with Gasteiger partial charge in [0.15, 0.2) is 0 Å². The molecule has 0 aliphatic carbocycles. The first-order valence-corrected chi connectivity index (χ1v) is 7.15. The van der Waals surface area contributed by atoms with Crippen molar-refractivity contribution < 1.29 is 9.53 Å². The summed E-state index contributed by atoms with van der Waals surface area (Å²) in [7, 11) is 4.15. The van der Waals surface area contributed by atoms with Crippen molar-refractivity contribution in [1.82, 2.24) is 10.2 Å². The van der Waals surface area contributed by atoms with Crippen molar-refractivity contribution in [2.75, 3.05) is 33.7 Å². The Morgan fingerprint density at radius 3 is 2.33 bits per heavy atom.